The van der Waals surface area contributed by atoms with Gasteiger partial charge in [-0.25, -0.2) is 4.39 Å². The largest absolute Gasteiger partial charge is 0.298 e. The van der Waals surface area contributed by atoms with E-state index in [0.717, 1.165) is 18.7 Å². The SMILES string of the molecule is Fc1cc(Cl)ccc1CN1CCCC(Br)C1. The van der Waals surface area contributed by atoms with Gasteiger partial charge in [0.15, 0.2) is 0 Å². The Labute approximate surface area is 109 Å². The summed E-state index contributed by atoms with van der Waals surface area (Å²) >= 11 is 9.34. The molecule has 1 aliphatic rings. The molecule has 1 unspecified atom stereocenters. The van der Waals surface area contributed by atoms with Gasteiger partial charge in [-0.1, -0.05) is 33.6 Å². The number of hydrogen-bond acceptors (Lipinski definition) is 1. The van der Waals surface area contributed by atoms with E-state index in [0.29, 0.717) is 16.4 Å². The summed E-state index contributed by atoms with van der Waals surface area (Å²) < 4.78 is 13.6. The Kier molecular flexibility index (Phi) is 4.22. The fourth-order valence-electron chi connectivity index (χ4n) is 2.03. The van der Waals surface area contributed by atoms with E-state index in [1.807, 2.05) is 0 Å². The van der Waals surface area contributed by atoms with Crippen LogP contribution in [0.1, 0.15) is 18.4 Å². The van der Waals surface area contributed by atoms with E-state index < -0.39 is 0 Å². The highest BCUT2D eigenvalue weighted by Crippen LogP contribution is 2.21. The summed E-state index contributed by atoms with van der Waals surface area (Å²) in [5.74, 6) is -0.204. The Balaban J connectivity index is 2.02. The van der Waals surface area contributed by atoms with E-state index in [2.05, 4.69) is 20.8 Å². The lowest BCUT2D eigenvalue weighted by atomic mass is 10.1. The highest BCUT2D eigenvalue weighted by molar-refractivity contribution is 9.09. The van der Waals surface area contributed by atoms with Crippen molar-refractivity contribution in [2.24, 2.45) is 0 Å². The molecule has 88 valence electrons. The van der Waals surface area contributed by atoms with Crippen LogP contribution >= 0.6 is 27.5 Å². The van der Waals surface area contributed by atoms with Crippen molar-refractivity contribution < 1.29 is 4.39 Å². The second-order valence-corrected chi connectivity index (χ2v) is 5.94. The molecule has 1 aliphatic heterocycles. The van der Waals surface area contributed by atoms with Crippen LogP contribution in [-0.2, 0) is 6.54 Å². The smallest absolute Gasteiger partial charge is 0.129 e. The zero-order chi connectivity index (χ0) is 11.5. The van der Waals surface area contributed by atoms with E-state index >= 15 is 0 Å². The molecular formula is C12H14BrClFN. The fourth-order valence-corrected chi connectivity index (χ4v) is 2.93. The minimum absolute atomic E-state index is 0.204. The van der Waals surface area contributed by atoms with Crippen LogP contribution in [0.25, 0.3) is 0 Å². The summed E-state index contributed by atoms with van der Waals surface area (Å²) in [6, 6.07) is 4.90. The van der Waals surface area contributed by atoms with Gasteiger partial charge < -0.3 is 0 Å². The first-order valence-corrected chi connectivity index (χ1v) is 6.75. The molecule has 1 atom stereocenters. The molecule has 0 saturated carbocycles. The molecule has 0 aromatic heterocycles. The number of piperidine rings is 1. The van der Waals surface area contributed by atoms with Crippen molar-refractivity contribution in [3.8, 4) is 0 Å². The highest BCUT2D eigenvalue weighted by atomic mass is 79.9. The summed E-state index contributed by atoms with van der Waals surface area (Å²) in [7, 11) is 0. The molecular weight excluding hydrogens is 292 g/mol. The van der Waals surface area contributed by atoms with Crippen molar-refractivity contribution >= 4 is 27.5 Å². The van der Waals surface area contributed by atoms with Crippen molar-refractivity contribution in [2.45, 2.75) is 24.2 Å². The Morgan fingerprint density at radius 1 is 1.50 bits per heavy atom. The average Bonchev–Trinajstić information content (AvgIpc) is 2.22. The first-order chi connectivity index (χ1) is 7.65. The first kappa shape index (κ1) is 12.3. The Hall–Kier alpha value is -0.120. The lowest BCUT2D eigenvalue weighted by Gasteiger charge is -2.29. The molecule has 1 aromatic rings. The lowest BCUT2D eigenvalue weighted by molar-refractivity contribution is 0.225. The number of rotatable bonds is 2. The van der Waals surface area contributed by atoms with Crippen LogP contribution in [-0.4, -0.2) is 22.8 Å². The summed E-state index contributed by atoms with van der Waals surface area (Å²) in [4.78, 5) is 2.81. The molecule has 16 heavy (non-hydrogen) atoms. The van der Waals surface area contributed by atoms with Gasteiger partial charge in [-0.2, -0.15) is 0 Å². The Bertz CT molecular complexity index is 372. The highest BCUT2D eigenvalue weighted by Gasteiger charge is 2.18. The van der Waals surface area contributed by atoms with Crippen LogP contribution in [0.4, 0.5) is 4.39 Å². The average molecular weight is 307 g/mol. The van der Waals surface area contributed by atoms with Gasteiger partial charge in [-0.15, -0.1) is 0 Å². The van der Waals surface area contributed by atoms with Gasteiger partial charge in [0.25, 0.3) is 0 Å². The molecule has 0 amide bonds. The molecule has 0 bridgehead atoms. The minimum Gasteiger partial charge on any atom is -0.298 e. The molecule has 4 heteroatoms. The summed E-state index contributed by atoms with van der Waals surface area (Å²) in [6.07, 6.45) is 2.38. The Morgan fingerprint density at radius 3 is 3.00 bits per heavy atom. The number of benzene rings is 1. The maximum absolute atomic E-state index is 13.6. The molecule has 0 spiro atoms. The Morgan fingerprint density at radius 2 is 2.31 bits per heavy atom. The third-order valence-electron chi connectivity index (χ3n) is 2.86. The van der Waals surface area contributed by atoms with Gasteiger partial charge in [-0.3, -0.25) is 4.90 Å². The third kappa shape index (κ3) is 3.19. The van der Waals surface area contributed by atoms with Crippen molar-refractivity contribution in [3.63, 3.8) is 0 Å². The van der Waals surface area contributed by atoms with Crippen molar-refractivity contribution in [1.29, 1.82) is 0 Å². The number of likely N-dealkylation sites (tertiary alicyclic amines) is 1. The van der Waals surface area contributed by atoms with Gasteiger partial charge >= 0.3 is 0 Å². The number of alkyl halides is 1. The fraction of sp³-hybridized carbons (Fsp3) is 0.500. The van der Waals surface area contributed by atoms with Crippen LogP contribution in [0, 0.1) is 5.82 Å². The van der Waals surface area contributed by atoms with Crippen molar-refractivity contribution in [3.05, 3.63) is 34.6 Å². The van der Waals surface area contributed by atoms with Gasteiger partial charge in [-0.05, 0) is 31.5 Å². The second kappa shape index (κ2) is 5.48. The second-order valence-electron chi connectivity index (χ2n) is 4.21. The van der Waals surface area contributed by atoms with Gasteiger partial charge in [0, 0.05) is 28.5 Å². The maximum atomic E-state index is 13.6. The van der Waals surface area contributed by atoms with Crippen LogP contribution in [0.2, 0.25) is 5.02 Å². The molecule has 0 aliphatic carbocycles. The molecule has 0 radical (unpaired) electrons. The monoisotopic (exact) mass is 305 g/mol. The number of hydrogen-bond donors (Lipinski definition) is 0. The van der Waals surface area contributed by atoms with Crippen LogP contribution in [0.5, 0.6) is 0 Å². The van der Waals surface area contributed by atoms with Gasteiger partial charge in [0.2, 0.25) is 0 Å². The minimum atomic E-state index is -0.204. The first-order valence-electron chi connectivity index (χ1n) is 5.45. The van der Waals surface area contributed by atoms with Gasteiger partial charge in [0.05, 0.1) is 0 Å². The van der Waals surface area contributed by atoms with Crippen LogP contribution in [0.3, 0.4) is 0 Å². The molecule has 1 saturated heterocycles. The normalized spacial score (nSPS) is 22.3. The summed E-state index contributed by atoms with van der Waals surface area (Å²) in [6.45, 7) is 2.71. The third-order valence-corrected chi connectivity index (χ3v) is 3.84. The predicted molar refractivity (Wildman–Crippen MR) is 68.6 cm³/mol. The molecule has 1 heterocycles. The van der Waals surface area contributed by atoms with Gasteiger partial charge in [0.1, 0.15) is 5.82 Å². The number of nitrogens with zero attached hydrogens (tertiary/aromatic N) is 1. The lowest BCUT2D eigenvalue weighted by Crippen LogP contribution is -2.35. The number of halogens is 3. The summed E-state index contributed by atoms with van der Waals surface area (Å²) in [5, 5.41) is 0.457. The van der Waals surface area contributed by atoms with E-state index in [4.69, 9.17) is 11.6 Å². The van der Waals surface area contributed by atoms with Crippen molar-refractivity contribution in [1.82, 2.24) is 4.90 Å². The maximum Gasteiger partial charge on any atom is 0.129 e. The molecule has 2 rings (SSSR count). The molecule has 1 nitrogen and oxygen atoms in total. The molecule has 1 fully saturated rings. The summed E-state index contributed by atoms with van der Waals surface area (Å²) in [5.41, 5.74) is 0.728. The van der Waals surface area contributed by atoms with Crippen LogP contribution < -0.4 is 0 Å². The predicted octanol–water partition coefficient (Wildman–Crippen LogP) is 3.84. The zero-order valence-electron chi connectivity index (χ0n) is 8.93. The quantitative estimate of drug-likeness (QED) is 0.751. The van der Waals surface area contributed by atoms with E-state index in [9.17, 15) is 4.39 Å². The standard InChI is InChI=1S/C12H14BrClFN/c13-10-2-1-5-16(8-10)7-9-3-4-11(14)6-12(9)15/h3-4,6,10H,1-2,5,7-8H2. The van der Waals surface area contributed by atoms with E-state index in [1.54, 1.807) is 12.1 Å². The van der Waals surface area contributed by atoms with E-state index in [-0.39, 0.29) is 5.82 Å². The zero-order valence-corrected chi connectivity index (χ0v) is 11.3. The molecule has 0 N–H and O–H groups in total. The topological polar surface area (TPSA) is 3.24 Å². The van der Waals surface area contributed by atoms with E-state index in [1.165, 1.54) is 18.9 Å². The molecule has 1 aromatic carbocycles. The van der Waals surface area contributed by atoms with Crippen molar-refractivity contribution in [2.75, 3.05) is 13.1 Å². The van der Waals surface area contributed by atoms with Crippen LogP contribution in [0.15, 0.2) is 18.2 Å².